The number of hydrogen-bond acceptors (Lipinski definition) is 8. The van der Waals surface area contributed by atoms with Crippen molar-refractivity contribution in [2.45, 2.75) is 37.5 Å². The van der Waals surface area contributed by atoms with Crippen molar-refractivity contribution in [2.24, 2.45) is 0 Å². The zero-order valence-corrected chi connectivity index (χ0v) is 17.7. The van der Waals surface area contributed by atoms with E-state index in [-0.39, 0.29) is 29.8 Å². The number of benzene rings is 1. The first-order valence-corrected chi connectivity index (χ1v) is 10.1. The highest BCUT2D eigenvalue weighted by Gasteiger charge is 2.34. The monoisotopic (exact) mass is 516 g/mol. The summed E-state index contributed by atoms with van der Waals surface area (Å²) in [5.41, 5.74) is -1.44. The highest BCUT2D eigenvalue weighted by molar-refractivity contribution is 5.77. The zero-order chi connectivity index (χ0) is 25.6. The van der Waals surface area contributed by atoms with Gasteiger partial charge in [0.25, 0.3) is 5.91 Å². The number of aromatic nitrogens is 2. The second-order valence-electron chi connectivity index (χ2n) is 7.28. The van der Waals surface area contributed by atoms with Gasteiger partial charge >= 0.3 is 18.6 Å². The van der Waals surface area contributed by atoms with Gasteiger partial charge in [-0.25, -0.2) is 4.39 Å². The number of hydrogen-bond donors (Lipinski definition) is 2. The normalized spacial score (nSPS) is 18.8. The molecule has 1 aromatic heterocycles. The number of rotatable bonds is 9. The molecule has 2 N–H and O–H groups in total. The Balaban J connectivity index is 1.38. The van der Waals surface area contributed by atoms with Gasteiger partial charge in [0.05, 0.1) is 18.2 Å². The topological polar surface area (TPSA) is 108 Å². The lowest BCUT2D eigenvalue weighted by atomic mass is 10.0. The average Bonchev–Trinajstić information content (AvgIpc) is 3.23. The van der Waals surface area contributed by atoms with Crippen molar-refractivity contribution in [1.29, 1.82) is 0 Å². The summed E-state index contributed by atoms with van der Waals surface area (Å²) >= 11 is 0. The van der Waals surface area contributed by atoms with Gasteiger partial charge < -0.3 is 24.5 Å². The standard InChI is InChI=1S/C19H19F7N4O5/c20-13-7-11(2-3-12(13)18(21,22)23)33-9-15(31)28-10-1-4-14(27-8-10)16-29-30-17(35-16)32-5-6-34-19(24,25)26/h2-3,7,10,14,27H,1,4-6,8-9H2,(H,28,31)/t10-,14+/m0/s1. The molecule has 0 spiro atoms. The molecule has 0 aliphatic carbocycles. The molecule has 2 aromatic rings. The van der Waals surface area contributed by atoms with E-state index in [9.17, 15) is 35.5 Å². The smallest absolute Gasteiger partial charge is 0.484 e. The maximum absolute atomic E-state index is 13.6. The molecule has 1 fully saturated rings. The summed E-state index contributed by atoms with van der Waals surface area (Å²) in [7, 11) is 0. The van der Waals surface area contributed by atoms with Gasteiger partial charge in [0.15, 0.2) is 6.61 Å². The molecule has 2 atom stereocenters. The Morgan fingerprint density at radius 2 is 1.89 bits per heavy atom. The predicted molar refractivity (Wildman–Crippen MR) is 101 cm³/mol. The Kier molecular flexibility index (Phi) is 8.37. The van der Waals surface area contributed by atoms with Crippen molar-refractivity contribution in [3.05, 3.63) is 35.5 Å². The summed E-state index contributed by atoms with van der Waals surface area (Å²) in [6.45, 7) is -1.44. The fraction of sp³-hybridized carbons (Fsp3) is 0.526. The van der Waals surface area contributed by atoms with Gasteiger partial charge in [-0.3, -0.25) is 9.53 Å². The number of amides is 1. The number of nitrogens with zero attached hydrogens (tertiary/aromatic N) is 2. The van der Waals surface area contributed by atoms with Crippen LogP contribution in [-0.2, 0) is 15.7 Å². The van der Waals surface area contributed by atoms with Gasteiger partial charge in [0, 0.05) is 18.7 Å². The lowest BCUT2D eigenvalue weighted by molar-refractivity contribution is -0.325. The van der Waals surface area contributed by atoms with Gasteiger partial charge in [-0.05, 0) is 25.0 Å². The first kappa shape index (κ1) is 26.5. The summed E-state index contributed by atoms with van der Waals surface area (Å²) in [5, 5.41) is 13.1. The van der Waals surface area contributed by atoms with E-state index in [4.69, 9.17) is 13.9 Å². The molecule has 9 nitrogen and oxygen atoms in total. The van der Waals surface area contributed by atoms with Crippen molar-refractivity contribution in [3.8, 4) is 11.8 Å². The molecule has 0 unspecified atom stereocenters. The van der Waals surface area contributed by atoms with Gasteiger partial charge in [-0.1, -0.05) is 5.10 Å². The van der Waals surface area contributed by atoms with E-state index >= 15 is 0 Å². The van der Waals surface area contributed by atoms with Crippen LogP contribution in [0.1, 0.15) is 30.3 Å². The van der Waals surface area contributed by atoms with E-state index in [0.717, 1.165) is 6.07 Å². The molecular formula is C19H19F7N4O5. The Morgan fingerprint density at radius 1 is 1.11 bits per heavy atom. The molecule has 1 amide bonds. The average molecular weight is 516 g/mol. The molecule has 1 aliphatic rings. The van der Waals surface area contributed by atoms with Gasteiger partial charge in [-0.2, -0.15) is 13.2 Å². The molecule has 1 saturated heterocycles. The molecule has 16 heteroatoms. The largest absolute Gasteiger partial charge is 0.522 e. The molecule has 1 aromatic carbocycles. The SMILES string of the molecule is O=C(COc1ccc(C(F)(F)F)c(F)c1)N[C@H]1CC[C@H](c2nnc(OCCOC(F)(F)F)o2)NC1. The molecule has 0 radical (unpaired) electrons. The van der Waals surface area contributed by atoms with E-state index < -0.39 is 49.6 Å². The summed E-state index contributed by atoms with van der Waals surface area (Å²) < 4.78 is 106. The van der Waals surface area contributed by atoms with Crippen LogP contribution in [0.25, 0.3) is 0 Å². The Bertz CT molecular complexity index is 991. The molecule has 0 bridgehead atoms. The fourth-order valence-corrected chi connectivity index (χ4v) is 3.13. The second-order valence-corrected chi connectivity index (χ2v) is 7.28. The fourth-order valence-electron chi connectivity index (χ4n) is 3.13. The van der Waals surface area contributed by atoms with Crippen molar-refractivity contribution >= 4 is 5.91 Å². The summed E-state index contributed by atoms with van der Waals surface area (Å²) in [5.74, 6) is -2.16. The van der Waals surface area contributed by atoms with E-state index in [1.165, 1.54) is 0 Å². The predicted octanol–water partition coefficient (Wildman–Crippen LogP) is 3.13. The molecular weight excluding hydrogens is 497 g/mol. The van der Waals surface area contributed by atoms with Crippen LogP contribution in [0.5, 0.6) is 11.8 Å². The molecule has 1 aliphatic heterocycles. The van der Waals surface area contributed by atoms with Crippen LogP contribution < -0.4 is 20.1 Å². The molecule has 3 rings (SSSR count). The van der Waals surface area contributed by atoms with E-state index in [0.29, 0.717) is 31.5 Å². The van der Waals surface area contributed by atoms with Crippen LogP contribution in [0.4, 0.5) is 30.7 Å². The zero-order valence-electron chi connectivity index (χ0n) is 17.7. The van der Waals surface area contributed by atoms with E-state index in [1.54, 1.807) is 0 Å². The van der Waals surface area contributed by atoms with Crippen LogP contribution in [0, 0.1) is 5.82 Å². The Hall–Kier alpha value is -3.14. The molecule has 0 saturated carbocycles. The highest BCUT2D eigenvalue weighted by Crippen LogP contribution is 2.33. The number of carbonyl (C=O) groups is 1. The third-order valence-corrected chi connectivity index (χ3v) is 4.69. The third-order valence-electron chi connectivity index (χ3n) is 4.69. The van der Waals surface area contributed by atoms with Crippen LogP contribution in [0.3, 0.4) is 0 Å². The van der Waals surface area contributed by atoms with Crippen molar-refractivity contribution in [3.63, 3.8) is 0 Å². The molecule has 194 valence electrons. The van der Waals surface area contributed by atoms with Crippen LogP contribution in [0.15, 0.2) is 22.6 Å². The molecule has 35 heavy (non-hydrogen) atoms. The highest BCUT2D eigenvalue weighted by atomic mass is 19.4. The lowest BCUT2D eigenvalue weighted by Gasteiger charge is -2.28. The van der Waals surface area contributed by atoms with Crippen LogP contribution in [0.2, 0.25) is 0 Å². The Morgan fingerprint density at radius 3 is 2.51 bits per heavy atom. The lowest BCUT2D eigenvalue weighted by Crippen LogP contribution is -2.48. The van der Waals surface area contributed by atoms with Gasteiger partial charge in [0.1, 0.15) is 18.2 Å². The van der Waals surface area contributed by atoms with Crippen LogP contribution in [-0.4, -0.2) is 54.9 Å². The number of ether oxygens (including phenoxy) is 3. The van der Waals surface area contributed by atoms with Crippen LogP contribution >= 0.6 is 0 Å². The minimum atomic E-state index is -4.84. The maximum atomic E-state index is 13.6. The first-order valence-electron chi connectivity index (χ1n) is 10.1. The van der Waals surface area contributed by atoms with Gasteiger partial charge in [-0.15, -0.1) is 18.3 Å². The third kappa shape index (κ3) is 8.24. The number of carbonyl (C=O) groups excluding carboxylic acids is 1. The van der Waals surface area contributed by atoms with E-state index in [1.807, 2.05) is 0 Å². The number of nitrogens with one attached hydrogen (secondary N) is 2. The Labute approximate surface area is 192 Å². The van der Waals surface area contributed by atoms with E-state index in [2.05, 4.69) is 25.6 Å². The molecule has 2 heterocycles. The minimum Gasteiger partial charge on any atom is -0.484 e. The van der Waals surface area contributed by atoms with Crippen molar-refractivity contribution in [2.75, 3.05) is 26.4 Å². The maximum Gasteiger partial charge on any atom is 0.522 e. The second kappa shape index (κ2) is 11.1. The number of alkyl halides is 6. The summed E-state index contributed by atoms with van der Waals surface area (Å²) in [4.78, 5) is 12.1. The van der Waals surface area contributed by atoms with Crippen molar-refractivity contribution < 1.29 is 54.2 Å². The minimum absolute atomic E-state index is 0.147. The number of halogens is 7. The van der Waals surface area contributed by atoms with Gasteiger partial charge in [0.2, 0.25) is 5.89 Å². The summed E-state index contributed by atoms with van der Waals surface area (Å²) in [6.07, 6.45) is -8.99. The quantitative estimate of drug-likeness (QED) is 0.387. The van der Waals surface area contributed by atoms with Crippen molar-refractivity contribution in [1.82, 2.24) is 20.8 Å². The first-order chi connectivity index (χ1) is 16.4. The number of piperidine rings is 1. The summed E-state index contributed by atoms with van der Waals surface area (Å²) in [6, 6.07) is 1.29.